The van der Waals surface area contributed by atoms with Gasteiger partial charge in [-0.1, -0.05) is 0 Å². The van der Waals surface area contributed by atoms with Crippen LogP contribution in [-0.4, -0.2) is 3.21 Å². The Morgan fingerprint density at radius 2 is 1.02 bits per heavy atom. The van der Waals surface area contributed by atoms with Gasteiger partial charge < -0.3 is 24.8 Å². The molecule has 0 bridgehead atoms. The van der Waals surface area contributed by atoms with Crippen molar-refractivity contribution in [2.75, 3.05) is 0 Å². The second-order valence-corrected chi connectivity index (χ2v) is 23.8. The topological polar surface area (TPSA) is 0 Å². The smallest absolute Gasteiger partial charge is 1.00 e. The second-order valence-electron chi connectivity index (χ2n) is 17.1. The van der Waals surface area contributed by atoms with Crippen LogP contribution in [0.5, 0.6) is 0 Å². The molecule has 0 heterocycles. The number of rotatable bonds is 6. The standard InChI is InChI=1S/C33H33.C14H11Cl.C5H5.2ClH.Zr/c1-32(2,3)30-20-26-24(18-28(30)22-13-9-7-10-14-22)17-25-19-29(23-15-11-8-12-16-23)31(21-27(25)26)33(4,5)6;1-11-2-4-12(5-3-11)10-13-6-8-14(15)9-7-13;1-2-4-5-3-1;;;/h7-21H,1-6H3;2-9H,1H3;1-3H,4H2;2*1H;/q;;;;;+2/p-2. The summed E-state index contributed by atoms with van der Waals surface area (Å²) in [5.74, 6) is 0. The van der Waals surface area contributed by atoms with E-state index in [9.17, 15) is 0 Å². The second kappa shape index (κ2) is 16.7. The third-order valence-corrected chi connectivity index (χ3v) is 19.8. The summed E-state index contributed by atoms with van der Waals surface area (Å²) in [6.07, 6.45) is 8.16. The van der Waals surface area contributed by atoms with Crippen molar-refractivity contribution in [2.45, 2.75) is 69.3 Å². The van der Waals surface area contributed by atoms with Crippen molar-refractivity contribution in [3.63, 3.8) is 0 Å². The summed E-state index contributed by atoms with van der Waals surface area (Å²) in [7, 11) is 0. The summed E-state index contributed by atoms with van der Waals surface area (Å²) < 4.78 is 3.44. The summed E-state index contributed by atoms with van der Waals surface area (Å²) in [6.45, 7) is 16.4. The maximum atomic E-state index is 6.59. The summed E-state index contributed by atoms with van der Waals surface area (Å²) >= 11 is 3.61. The zero-order valence-electron chi connectivity index (χ0n) is 33.4. The molecular formula is C52H49Cl3Zr. The maximum absolute atomic E-state index is 6.59. The van der Waals surface area contributed by atoms with Crippen molar-refractivity contribution in [2.24, 2.45) is 0 Å². The molecule has 8 rings (SSSR count). The third kappa shape index (κ3) is 8.09. The van der Waals surface area contributed by atoms with E-state index in [1.54, 1.807) is 3.28 Å². The van der Waals surface area contributed by atoms with Crippen LogP contribution in [0, 0.1) is 6.92 Å². The van der Waals surface area contributed by atoms with Crippen LogP contribution in [0.1, 0.15) is 90.5 Å². The van der Waals surface area contributed by atoms with Gasteiger partial charge in [-0.05, 0) is 0 Å². The van der Waals surface area contributed by atoms with Crippen molar-refractivity contribution in [1.82, 2.24) is 0 Å². The van der Waals surface area contributed by atoms with Gasteiger partial charge in [-0.2, -0.15) is 0 Å². The first-order valence-corrected chi connectivity index (χ1v) is 23.6. The molecule has 0 aromatic heterocycles. The first-order chi connectivity index (χ1) is 25.9. The van der Waals surface area contributed by atoms with Gasteiger partial charge in [0.1, 0.15) is 0 Å². The van der Waals surface area contributed by atoms with Gasteiger partial charge in [0, 0.05) is 0 Å². The number of allylic oxidation sites excluding steroid dienone is 4. The fourth-order valence-corrected chi connectivity index (χ4v) is 17.7. The molecule has 0 N–H and O–H groups in total. The molecule has 2 aliphatic rings. The van der Waals surface area contributed by atoms with Gasteiger partial charge in [-0.3, -0.25) is 0 Å². The molecule has 6 aromatic carbocycles. The molecule has 0 radical (unpaired) electrons. The number of hydrogen-bond acceptors (Lipinski definition) is 0. The van der Waals surface area contributed by atoms with Crippen LogP contribution >= 0.6 is 11.6 Å². The Kier molecular flexibility index (Phi) is 12.6. The van der Waals surface area contributed by atoms with Crippen LogP contribution in [0.2, 0.25) is 5.02 Å². The first kappa shape index (κ1) is 42.0. The molecule has 2 aliphatic carbocycles. The minimum absolute atomic E-state index is 0. The molecular weight excluding hydrogens is 822 g/mol. The van der Waals surface area contributed by atoms with Gasteiger partial charge in [0.05, 0.1) is 0 Å². The molecule has 0 spiro atoms. The molecule has 0 saturated carbocycles. The molecule has 4 heteroatoms. The van der Waals surface area contributed by atoms with E-state index in [-0.39, 0.29) is 39.3 Å². The van der Waals surface area contributed by atoms with Crippen LogP contribution in [0.3, 0.4) is 0 Å². The zero-order chi connectivity index (χ0) is 37.8. The minimum Gasteiger partial charge on any atom is -1.00 e. The fourth-order valence-electron chi connectivity index (χ4n) is 8.56. The van der Waals surface area contributed by atoms with Crippen molar-refractivity contribution in [1.29, 1.82) is 0 Å². The molecule has 56 heavy (non-hydrogen) atoms. The van der Waals surface area contributed by atoms with Crippen LogP contribution in [0.25, 0.3) is 33.4 Å². The van der Waals surface area contributed by atoms with Crippen molar-refractivity contribution >= 4 is 14.8 Å². The summed E-state index contributed by atoms with van der Waals surface area (Å²) in [6, 6.07) is 50.6. The predicted molar refractivity (Wildman–Crippen MR) is 230 cm³/mol. The SMILES string of the molecule is Cc1ccc(/[C](c2ccc(Cl)cc2)=[Zr+2](/[C]2=CC=CC2)[CH]2c3cc(-c4ccccc4)c(C(C)(C)C)cc3-c3cc(C(C)(C)C)c(-c4ccccc4)cc32)cc1.[Cl-].[Cl-]. The van der Waals surface area contributed by atoms with E-state index in [0.717, 1.165) is 11.4 Å². The number of halogens is 3. The van der Waals surface area contributed by atoms with E-state index in [4.69, 9.17) is 11.6 Å². The van der Waals surface area contributed by atoms with Gasteiger partial charge in [0.15, 0.2) is 0 Å². The van der Waals surface area contributed by atoms with Gasteiger partial charge in [-0.25, -0.2) is 0 Å². The van der Waals surface area contributed by atoms with Crippen molar-refractivity contribution in [3.8, 4) is 33.4 Å². The monoisotopic (exact) mass is 868 g/mol. The van der Waals surface area contributed by atoms with Gasteiger partial charge in [0.25, 0.3) is 0 Å². The first-order valence-electron chi connectivity index (χ1n) is 19.3. The van der Waals surface area contributed by atoms with Crippen LogP contribution in [0.4, 0.5) is 0 Å². The van der Waals surface area contributed by atoms with Crippen LogP contribution < -0.4 is 24.8 Å². The van der Waals surface area contributed by atoms with Crippen molar-refractivity contribution < 1.29 is 46.1 Å². The number of fused-ring (bicyclic) bond motifs is 3. The average Bonchev–Trinajstić information content (AvgIpc) is 3.80. The normalized spacial score (nSPS) is 13.6. The van der Waals surface area contributed by atoms with E-state index < -0.39 is 21.3 Å². The maximum Gasteiger partial charge on any atom is -1.00 e. The number of aryl methyl sites for hydroxylation is 1. The Morgan fingerprint density at radius 1 is 0.571 bits per heavy atom. The van der Waals surface area contributed by atoms with Gasteiger partial charge >= 0.3 is 338 Å². The number of benzene rings is 6. The summed E-state index contributed by atoms with van der Waals surface area (Å²) in [4.78, 5) is 0. The summed E-state index contributed by atoms with van der Waals surface area (Å²) in [5, 5.41) is 0.773. The Balaban J connectivity index is 0.00000266. The average molecular weight is 872 g/mol. The molecule has 0 atom stereocenters. The van der Waals surface area contributed by atoms with E-state index in [2.05, 4.69) is 200 Å². The quantitative estimate of drug-likeness (QED) is 0.158. The Hall–Kier alpha value is -3.58. The minimum atomic E-state index is -2.98. The van der Waals surface area contributed by atoms with Gasteiger partial charge in [-0.15, -0.1) is 0 Å². The van der Waals surface area contributed by atoms with E-state index in [1.807, 2.05) is 0 Å². The molecule has 0 amide bonds. The van der Waals surface area contributed by atoms with E-state index in [0.29, 0.717) is 0 Å². The fraction of sp³-hybridized carbons (Fsp3) is 0.212. The Labute approximate surface area is 359 Å². The third-order valence-electron chi connectivity index (χ3n) is 11.2. The molecule has 0 unspecified atom stereocenters. The Bertz CT molecular complexity index is 2300. The molecule has 6 aromatic rings. The molecule has 0 saturated heterocycles. The van der Waals surface area contributed by atoms with E-state index in [1.165, 1.54) is 75.5 Å². The largest absolute Gasteiger partial charge is 1.00 e. The van der Waals surface area contributed by atoms with Crippen molar-refractivity contribution in [3.05, 3.63) is 199 Å². The van der Waals surface area contributed by atoms with Crippen LogP contribution in [0.15, 0.2) is 155 Å². The van der Waals surface area contributed by atoms with E-state index >= 15 is 0 Å². The molecule has 0 nitrogen and oxygen atoms in total. The van der Waals surface area contributed by atoms with Gasteiger partial charge in [0.2, 0.25) is 0 Å². The number of hydrogen-bond donors (Lipinski definition) is 0. The summed E-state index contributed by atoms with van der Waals surface area (Å²) in [5.41, 5.74) is 17.7. The zero-order valence-corrected chi connectivity index (χ0v) is 38.1. The molecule has 0 fully saturated rings. The molecule has 282 valence electrons. The predicted octanol–water partition coefficient (Wildman–Crippen LogP) is 8.39. The molecule has 0 aliphatic heterocycles. The van der Waals surface area contributed by atoms with Crippen LogP contribution in [-0.2, 0) is 32.1 Å². The Morgan fingerprint density at radius 3 is 1.43 bits per heavy atom.